The number of nitrogens with zero attached hydrogens (tertiary/aromatic N) is 1. The summed E-state index contributed by atoms with van der Waals surface area (Å²) < 4.78 is 0. The molecule has 2 aliphatic carbocycles. The van der Waals surface area contributed by atoms with E-state index in [1.54, 1.807) is 0 Å². The predicted molar refractivity (Wildman–Crippen MR) is 54.9 cm³/mol. The second kappa shape index (κ2) is 3.34. The Morgan fingerprint density at radius 2 is 1.79 bits per heavy atom. The Labute approximate surface area is 85.7 Å². The van der Waals surface area contributed by atoms with E-state index in [1.165, 1.54) is 32.4 Å². The lowest BCUT2D eigenvalue weighted by molar-refractivity contribution is -0.108. The minimum absolute atomic E-state index is 0.731. The van der Waals surface area contributed by atoms with Gasteiger partial charge < -0.3 is 9.69 Å². The van der Waals surface area contributed by atoms with E-state index >= 15 is 0 Å². The molecule has 78 valence electrons. The number of hydrogen-bond acceptors (Lipinski definition) is 2. The predicted octanol–water partition coefficient (Wildman–Crippen LogP) is 1.55. The van der Waals surface area contributed by atoms with E-state index in [1.807, 2.05) is 0 Å². The fraction of sp³-hybridized carbons (Fsp3) is 0.917. The third-order valence-corrected chi connectivity index (χ3v) is 4.78. The zero-order valence-electron chi connectivity index (χ0n) is 8.69. The van der Waals surface area contributed by atoms with Crippen LogP contribution in [0.15, 0.2) is 0 Å². The number of carbonyl (C=O) groups is 1. The van der Waals surface area contributed by atoms with Crippen LogP contribution in [0, 0.1) is 23.7 Å². The summed E-state index contributed by atoms with van der Waals surface area (Å²) in [5.41, 5.74) is 0. The number of hydrogen-bond donors (Lipinski definition) is 0. The highest BCUT2D eigenvalue weighted by Crippen LogP contribution is 2.54. The van der Waals surface area contributed by atoms with Crippen molar-refractivity contribution < 1.29 is 4.79 Å². The second-order valence-corrected chi connectivity index (χ2v) is 5.38. The van der Waals surface area contributed by atoms with Crippen molar-refractivity contribution in [2.75, 3.05) is 19.6 Å². The van der Waals surface area contributed by atoms with Gasteiger partial charge in [-0.05, 0) is 42.9 Å². The highest BCUT2D eigenvalue weighted by atomic mass is 16.1. The average Bonchev–Trinajstić information content (AvgIpc) is 2.85. The molecule has 3 fully saturated rings. The molecule has 2 heteroatoms. The molecule has 0 aromatic carbocycles. The van der Waals surface area contributed by atoms with Gasteiger partial charge in [-0.25, -0.2) is 0 Å². The van der Waals surface area contributed by atoms with Gasteiger partial charge in [-0.3, -0.25) is 0 Å². The minimum atomic E-state index is 0.731. The lowest BCUT2D eigenvalue weighted by Crippen LogP contribution is -2.24. The molecular weight excluding hydrogens is 174 g/mol. The molecule has 3 aliphatic rings. The van der Waals surface area contributed by atoms with Gasteiger partial charge in [0.25, 0.3) is 0 Å². The lowest BCUT2D eigenvalue weighted by atomic mass is 9.82. The number of fused-ring (bicyclic) bond motifs is 5. The molecule has 14 heavy (non-hydrogen) atoms. The van der Waals surface area contributed by atoms with Crippen LogP contribution in [-0.4, -0.2) is 30.8 Å². The van der Waals surface area contributed by atoms with E-state index in [-0.39, 0.29) is 0 Å². The maximum atomic E-state index is 10.3. The molecule has 2 nitrogen and oxygen atoms in total. The zero-order valence-corrected chi connectivity index (χ0v) is 8.69. The average molecular weight is 193 g/mol. The summed E-state index contributed by atoms with van der Waals surface area (Å²) in [5, 5.41) is 0. The van der Waals surface area contributed by atoms with Gasteiger partial charge in [0.15, 0.2) is 0 Å². The van der Waals surface area contributed by atoms with Crippen LogP contribution in [0.3, 0.4) is 0 Å². The van der Waals surface area contributed by atoms with Gasteiger partial charge in [-0.1, -0.05) is 0 Å². The molecule has 0 radical (unpaired) electrons. The Bertz CT molecular complexity index is 222. The first-order chi connectivity index (χ1) is 6.88. The van der Waals surface area contributed by atoms with Crippen LogP contribution >= 0.6 is 0 Å². The SMILES string of the molecule is O=CCCN1CC2C3CCC(C3)C2C1. The molecule has 2 bridgehead atoms. The normalized spacial score (nSPS) is 45.7. The summed E-state index contributed by atoms with van der Waals surface area (Å²) in [6.07, 6.45) is 6.30. The molecule has 4 atom stereocenters. The molecule has 0 amide bonds. The summed E-state index contributed by atoms with van der Waals surface area (Å²) >= 11 is 0. The van der Waals surface area contributed by atoms with Gasteiger partial charge in [-0.15, -0.1) is 0 Å². The summed E-state index contributed by atoms with van der Waals surface area (Å²) in [5.74, 6) is 4.10. The van der Waals surface area contributed by atoms with Crippen molar-refractivity contribution in [2.45, 2.75) is 25.7 Å². The lowest BCUT2D eigenvalue weighted by Gasteiger charge is -2.22. The van der Waals surface area contributed by atoms with E-state index in [0.29, 0.717) is 0 Å². The molecule has 0 aromatic rings. The van der Waals surface area contributed by atoms with Crippen molar-refractivity contribution in [3.63, 3.8) is 0 Å². The van der Waals surface area contributed by atoms with Crippen molar-refractivity contribution in [2.24, 2.45) is 23.7 Å². The number of carbonyl (C=O) groups excluding carboxylic acids is 1. The van der Waals surface area contributed by atoms with Crippen LogP contribution in [-0.2, 0) is 4.79 Å². The summed E-state index contributed by atoms with van der Waals surface area (Å²) in [7, 11) is 0. The Morgan fingerprint density at radius 3 is 2.36 bits per heavy atom. The molecule has 0 aromatic heterocycles. The zero-order chi connectivity index (χ0) is 9.54. The minimum Gasteiger partial charge on any atom is -0.303 e. The third-order valence-electron chi connectivity index (χ3n) is 4.78. The number of aldehydes is 1. The monoisotopic (exact) mass is 193 g/mol. The molecular formula is C12H19NO. The van der Waals surface area contributed by atoms with E-state index < -0.39 is 0 Å². The number of rotatable bonds is 3. The van der Waals surface area contributed by atoms with Crippen LogP contribution in [0.25, 0.3) is 0 Å². The molecule has 1 saturated heterocycles. The first-order valence-corrected chi connectivity index (χ1v) is 6.04. The molecule has 4 unspecified atom stereocenters. The molecule has 1 aliphatic heterocycles. The first-order valence-electron chi connectivity index (χ1n) is 6.04. The molecule has 1 heterocycles. The summed E-state index contributed by atoms with van der Waals surface area (Å²) in [6.45, 7) is 3.59. The first kappa shape index (κ1) is 8.90. The Morgan fingerprint density at radius 1 is 1.14 bits per heavy atom. The van der Waals surface area contributed by atoms with E-state index in [9.17, 15) is 4.79 Å². The van der Waals surface area contributed by atoms with E-state index in [0.717, 1.165) is 42.9 Å². The largest absolute Gasteiger partial charge is 0.303 e. The smallest absolute Gasteiger partial charge is 0.121 e. The standard InChI is InChI=1S/C12H19NO/c14-5-1-4-13-7-11-9-2-3-10(6-9)12(11)8-13/h5,9-12H,1-4,6-8H2. The van der Waals surface area contributed by atoms with Crippen molar-refractivity contribution in [3.8, 4) is 0 Å². The van der Waals surface area contributed by atoms with Crippen LogP contribution in [0.5, 0.6) is 0 Å². The van der Waals surface area contributed by atoms with Gasteiger partial charge in [-0.2, -0.15) is 0 Å². The van der Waals surface area contributed by atoms with Gasteiger partial charge in [0, 0.05) is 26.1 Å². The highest BCUT2D eigenvalue weighted by molar-refractivity contribution is 5.49. The van der Waals surface area contributed by atoms with Gasteiger partial charge in [0.05, 0.1) is 0 Å². The quantitative estimate of drug-likeness (QED) is 0.634. The maximum absolute atomic E-state index is 10.3. The van der Waals surface area contributed by atoms with E-state index in [4.69, 9.17) is 0 Å². The van der Waals surface area contributed by atoms with Crippen molar-refractivity contribution in [1.82, 2.24) is 4.90 Å². The molecule has 2 saturated carbocycles. The molecule has 3 rings (SSSR count). The second-order valence-electron chi connectivity index (χ2n) is 5.38. The summed E-state index contributed by atoms with van der Waals surface area (Å²) in [4.78, 5) is 12.8. The summed E-state index contributed by atoms with van der Waals surface area (Å²) in [6, 6.07) is 0. The van der Waals surface area contributed by atoms with Crippen molar-refractivity contribution in [3.05, 3.63) is 0 Å². The Kier molecular flexibility index (Phi) is 2.12. The fourth-order valence-electron chi connectivity index (χ4n) is 4.19. The molecule has 0 N–H and O–H groups in total. The Balaban J connectivity index is 1.62. The van der Waals surface area contributed by atoms with Crippen LogP contribution < -0.4 is 0 Å². The van der Waals surface area contributed by atoms with Crippen molar-refractivity contribution in [1.29, 1.82) is 0 Å². The topological polar surface area (TPSA) is 20.3 Å². The van der Waals surface area contributed by atoms with Crippen LogP contribution in [0.4, 0.5) is 0 Å². The van der Waals surface area contributed by atoms with Gasteiger partial charge >= 0.3 is 0 Å². The maximum Gasteiger partial charge on any atom is 0.121 e. The number of likely N-dealkylation sites (tertiary alicyclic amines) is 1. The van der Waals surface area contributed by atoms with Gasteiger partial charge in [0.2, 0.25) is 0 Å². The fourth-order valence-corrected chi connectivity index (χ4v) is 4.19. The van der Waals surface area contributed by atoms with Crippen LogP contribution in [0.2, 0.25) is 0 Å². The van der Waals surface area contributed by atoms with E-state index in [2.05, 4.69) is 4.90 Å². The highest BCUT2D eigenvalue weighted by Gasteiger charge is 2.51. The van der Waals surface area contributed by atoms with Crippen molar-refractivity contribution >= 4 is 6.29 Å². The van der Waals surface area contributed by atoms with Gasteiger partial charge in [0.1, 0.15) is 6.29 Å². The van der Waals surface area contributed by atoms with Crippen LogP contribution in [0.1, 0.15) is 25.7 Å². The third kappa shape index (κ3) is 1.23. The molecule has 0 spiro atoms. The Hall–Kier alpha value is -0.370.